The summed E-state index contributed by atoms with van der Waals surface area (Å²) in [6, 6.07) is 17.5. The lowest BCUT2D eigenvalue weighted by Crippen LogP contribution is -2.44. The molecule has 168 valence electrons. The molecule has 0 saturated carbocycles. The number of piperidine rings is 1. The Morgan fingerprint density at radius 3 is 2.91 bits per heavy atom. The first-order chi connectivity index (χ1) is 15.6. The van der Waals surface area contributed by atoms with Gasteiger partial charge in [0.2, 0.25) is 17.6 Å². The zero-order valence-electron chi connectivity index (χ0n) is 18.2. The minimum Gasteiger partial charge on any atom is -0.373 e. The molecule has 0 aliphatic carbocycles. The summed E-state index contributed by atoms with van der Waals surface area (Å²) in [5, 5.41) is 7.80. The Morgan fingerprint density at radius 2 is 2.09 bits per heavy atom. The summed E-state index contributed by atoms with van der Waals surface area (Å²) in [5.41, 5.74) is 1.96. The number of hydrogen-bond donors (Lipinski definition) is 1. The van der Waals surface area contributed by atoms with Crippen LogP contribution in [-0.4, -0.2) is 54.2 Å². The average molecular weight is 454 g/mol. The van der Waals surface area contributed by atoms with E-state index in [0.29, 0.717) is 36.4 Å². The van der Waals surface area contributed by atoms with Crippen LogP contribution < -0.4 is 10.2 Å². The molecule has 1 amide bonds. The third kappa shape index (κ3) is 5.87. The molecule has 0 radical (unpaired) electrons. The molecule has 0 spiro atoms. The minimum absolute atomic E-state index is 0.0268. The van der Waals surface area contributed by atoms with E-state index in [-0.39, 0.29) is 11.8 Å². The van der Waals surface area contributed by atoms with Crippen LogP contribution in [0.15, 0.2) is 59.1 Å². The Kier molecular flexibility index (Phi) is 7.39. The molecule has 2 aromatic carbocycles. The third-order valence-electron chi connectivity index (χ3n) is 5.73. The van der Waals surface area contributed by atoms with Crippen LogP contribution in [0.25, 0.3) is 11.4 Å². The third-order valence-corrected chi connectivity index (χ3v) is 5.96. The molecule has 32 heavy (non-hydrogen) atoms. The molecule has 2 heterocycles. The van der Waals surface area contributed by atoms with E-state index in [4.69, 9.17) is 16.1 Å². The van der Waals surface area contributed by atoms with Crippen LogP contribution in [0.4, 0.5) is 5.69 Å². The zero-order valence-corrected chi connectivity index (χ0v) is 19.0. The minimum atomic E-state index is -0.0268. The number of nitrogens with zero attached hydrogens (tertiary/aromatic N) is 4. The normalized spacial score (nSPS) is 16.6. The van der Waals surface area contributed by atoms with Crippen molar-refractivity contribution in [2.75, 3.05) is 38.1 Å². The van der Waals surface area contributed by atoms with Crippen molar-refractivity contribution in [1.82, 2.24) is 20.4 Å². The molecule has 0 bridgehead atoms. The summed E-state index contributed by atoms with van der Waals surface area (Å²) in [6.07, 6.45) is 1.87. The van der Waals surface area contributed by atoms with Gasteiger partial charge < -0.3 is 14.7 Å². The van der Waals surface area contributed by atoms with E-state index in [1.54, 1.807) is 0 Å². The lowest BCUT2D eigenvalue weighted by molar-refractivity contribution is -0.126. The predicted molar refractivity (Wildman–Crippen MR) is 125 cm³/mol. The fraction of sp³-hybridized carbons (Fsp3) is 0.375. The Labute approximate surface area is 193 Å². The first kappa shape index (κ1) is 22.3. The van der Waals surface area contributed by atoms with Gasteiger partial charge in [0, 0.05) is 43.0 Å². The number of likely N-dealkylation sites (tertiary alicyclic amines) is 1. The van der Waals surface area contributed by atoms with Crippen LogP contribution in [0.1, 0.15) is 18.7 Å². The SMILES string of the molecule is CN(CCNC(=O)C1CCCN(Cc2nc(-c3cccc(Cl)c3)no2)C1)c1ccccc1. The number of halogens is 1. The summed E-state index contributed by atoms with van der Waals surface area (Å²) in [7, 11) is 2.03. The van der Waals surface area contributed by atoms with Crippen LogP contribution in [0.3, 0.4) is 0 Å². The smallest absolute Gasteiger partial charge is 0.241 e. The molecule has 3 aromatic rings. The molecule has 1 aromatic heterocycles. The van der Waals surface area contributed by atoms with E-state index in [2.05, 4.69) is 37.4 Å². The van der Waals surface area contributed by atoms with Gasteiger partial charge in [-0.25, -0.2) is 0 Å². The Balaban J connectivity index is 1.25. The van der Waals surface area contributed by atoms with Gasteiger partial charge in [-0.15, -0.1) is 0 Å². The fourth-order valence-electron chi connectivity index (χ4n) is 3.97. The van der Waals surface area contributed by atoms with Crippen LogP contribution in [0.2, 0.25) is 5.02 Å². The van der Waals surface area contributed by atoms with E-state index in [1.807, 2.05) is 49.5 Å². The van der Waals surface area contributed by atoms with Crippen LogP contribution in [0.5, 0.6) is 0 Å². The van der Waals surface area contributed by atoms with Gasteiger partial charge in [-0.3, -0.25) is 9.69 Å². The molecule has 1 unspecified atom stereocenters. The number of para-hydroxylation sites is 1. The molecule has 8 heteroatoms. The Morgan fingerprint density at radius 1 is 1.25 bits per heavy atom. The standard InChI is InChI=1S/C24H28ClN5O2/c1-29(21-10-3-2-4-11-21)14-12-26-24(31)19-8-6-13-30(16-19)17-22-27-23(28-32-22)18-7-5-9-20(25)15-18/h2-5,7,9-11,15,19H,6,8,12-14,16-17H2,1H3,(H,26,31). The maximum Gasteiger partial charge on any atom is 0.241 e. The van der Waals surface area contributed by atoms with Crippen LogP contribution in [0, 0.1) is 5.92 Å². The van der Waals surface area contributed by atoms with Crippen LogP contribution >= 0.6 is 11.6 Å². The van der Waals surface area contributed by atoms with Gasteiger partial charge in [-0.1, -0.05) is 47.1 Å². The topological polar surface area (TPSA) is 74.5 Å². The second kappa shape index (κ2) is 10.6. The van der Waals surface area contributed by atoms with Gasteiger partial charge in [0.15, 0.2) is 0 Å². The number of benzene rings is 2. The molecule has 1 aliphatic rings. The van der Waals surface area contributed by atoms with Crippen molar-refractivity contribution < 1.29 is 9.32 Å². The lowest BCUT2D eigenvalue weighted by Gasteiger charge is -2.31. The largest absolute Gasteiger partial charge is 0.373 e. The Bertz CT molecular complexity index is 1030. The van der Waals surface area contributed by atoms with Gasteiger partial charge in [0.25, 0.3) is 0 Å². The highest BCUT2D eigenvalue weighted by molar-refractivity contribution is 6.30. The first-order valence-electron chi connectivity index (χ1n) is 10.9. The molecule has 1 N–H and O–H groups in total. The maximum absolute atomic E-state index is 12.7. The average Bonchev–Trinajstić information content (AvgIpc) is 3.28. The second-order valence-corrected chi connectivity index (χ2v) is 8.58. The van der Waals surface area contributed by atoms with Crippen molar-refractivity contribution in [1.29, 1.82) is 0 Å². The molecule has 7 nitrogen and oxygen atoms in total. The number of nitrogens with one attached hydrogen (secondary N) is 1. The number of rotatable bonds is 8. The number of carbonyl (C=O) groups excluding carboxylic acids is 1. The molecular weight excluding hydrogens is 426 g/mol. The molecule has 1 atom stereocenters. The number of amides is 1. The molecule has 1 aliphatic heterocycles. The summed E-state index contributed by atoms with van der Waals surface area (Å²) in [6.45, 7) is 3.52. The second-order valence-electron chi connectivity index (χ2n) is 8.14. The van der Waals surface area contributed by atoms with E-state index in [0.717, 1.165) is 37.2 Å². The molecule has 1 saturated heterocycles. The van der Waals surface area contributed by atoms with E-state index in [1.165, 1.54) is 0 Å². The van der Waals surface area contributed by atoms with Crippen molar-refractivity contribution in [2.45, 2.75) is 19.4 Å². The summed E-state index contributed by atoms with van der Waals surface area (Å²) < 4.78 is 5.44. The van der Waals surface area contributed by atoms with Crippen molar-refractivity contribution in [3.63, 3.8) is 0 Å². The van der Waals surface area contributed by atoms with E-state index in [9.17, 15) is 4.79 Å². The zero-order chi connectivity index (χ0) is 22.3. The highest BCUT2D eigenvalue weighted by Crippen LogP contribution is 2.22. The maximum atomic E-state index is 12.7. The van der Waals surface area contributed by atoms with Crippen molar-refractivity contribution in [2.24, 2.45) is 5.92 Å². The molecular formula is C24H28ClN5O2. The number of anilines is 1. The van der Waals surface area contributed by atoms with Crippen LogP contribution in [-0.2, 0) is 11.3 Å². The van der Waals surface area contributed by atoms with Gasteiger partial charge >= 0.3 is 0 Å². The van der Waals surface area contributed by atoms with Crippen molar-refractivity contribution in [3.05, 3.63) is 65.5 Å². The van der Waals surface area contributed by atoms with E-state index < -0.39 is 0 Å². The molecule has 4 rings (SSSR count). The van der Waals surface area contributed by atoms with Crippen molar-refractivity contribution >= 4 is 23.2 Å². The van der Waals surface area contributed by atoms with E-state index >= 15 is 0 Å². The lowest BCUT2D eigenvalue weighted by atomic mass is 9.97. The number of carbonyl (C=O) groups is 1. The molecule has 1 fully saturated rings. The predicted octanol–water partition coefficient (Wildman–Crippen LogP) is 3.85. The van der Waals surface area contributed by atoms with Gasteiger partial charge in [-0.05, 0) is 43.7 Å². The number of likely N-dealkylation sites (N-methyl/N-ethyl adjacent to an activating group) is 1. The van der Waals surface area contributed by atoms with Gasteiger partial charge in [-0.2, -0.15) is 4.98 Å². The number of aromatic nitrogens is 2. The Hall–Kier alpha value is -2.90. The quantitative estimate of drug-likeness (QED) is 0.558. The van der Waals surface area contributed by atoms with Gasteiger partial charge in [0.1, 0.15) is 0 Å². The summed E-state index contributed by atoms with van der Waals surface area (Å²) in [4.78, 5) is 21.6. The van der Waals surface area contributed by atoms with Crippen molar-refractivity contribution in [3.8, 4) is 11.4 Å². The number of hydrogen-bond acceptors (Lipinski definition) is 6. The monoisotopic (exact) mass is 453 g/mol. The highest BCUT2D eigenvalue weighted by atomic mass is 35.5. The summed E-state index contributed by atoms with van der Waals surface area (Å²) >= 11 is 6.05. The highest BCUT2D eigenvalue weighted by Gasteiger charge is 2.26. The van der Waals surface area contributed by atoms with Gasteiger partial charge in [0.05, 0.1) is 12.5 Å². The first-order valence-corrected chi connectivity index (χ1v) is 11.3. The fourth-order valence-corrected chi connectivity index (χ4v) is 4.16. The summed E-state index contributed by atoms with van der Waals surface area (Å²) in [5.74, 6) is 1.16.